The van der Waals surface area contributed by atoms with Gasteiger partial charge in [0.05, 0.1) is 12.2 Å². The van der Waals surface area contributed by atoms with Crippen LogP contribution < -0.4 is 10.6 Å². The molecule has 0 radical (unpaired) electrons. The Morgan fingerprint density at radius 2 is 2.24 bits per heavy atom. The molecule has 6 nitrogen and oxygen atoms in total. The number of aromatic nitrogens is 2. The second-order valence-corrected chi connectivity index (χ2v) is 5.44. The van der Waals surface area contributed by atoms with Gasteiger partial charge in [-0.1, -0.05) is 0 Å². The average Bonchev–Trinajstić information content (AvgIpc) is 3.02. The van der Waals surface area contributed by atoms with Crippen molar-refractivity contribution < 1.29 is 0 Å². The monoisotopic (exact) mass is 406 g/mol. The fourth-order valence-corrected chi connectivity index (χ4v) is 2.49. The summed E-state index contributed by atoms with van der Waals surface area (Å²) in [7, 11) is 4.13. The van der Waals surface area contributed by atoms with Crippen LogP contribution in [0.2, 0.25) is 0 Å². The molecule has 2 N–H and O–H groups in total. The highest BCUT2D eigenvalue weighted by atomic mass is 127. The van der Waals surface area contributed by atoms with Crippen molar-refractivity contribution in [3.8, 4) is 0 Å². The summed E-state index contributed by atoms with van der Waals surface area (Å²) in [5.41, 5.74) is 1.11. The summed E-state index contributed by atoms with van der Waals surface area (Å²) in [4.78, 5) is 7.00. The van der Waals surface area contributed by atoms with E-state index in [1.54, 1.807) is 6.20 Å². The third-order valence-electron chi connectivity index (χ3n) is 3.71. The van der Waals surface area contributed by atoms with Crippen molar-refractivity contribution in [3.05, 3.63) is 18.0 Å². The topological polar surface area (TPSA) is 57.5 Å². The minimum absolute atomic E-state index is 0. The zero-order valence-corrected chi connectivity index (χ0v) is 15.5. The van der Waals surface area contributed by atoms with Crippen molar-refractivity contribution in [3.63, 3.8) is 0 Å². The number of nitrogens with zero attached hydrogens (tertiary/aromatic N) is 4. The Kier molecular flexibility index (Phi) is 8.02. The van der Waals surface area contributed by atoms with Crippen molar-refractivity contribution in [2.24, 2.45) is 18.0 Å². The molecule has 0 amide bonds. The lowest BCUT2D eigenvalue weighted by molar-refractivity contribution is 0.394. The summed E-state index contributed by atoms with van der Waals surface area (Å²) >= 11 is 0. The molecular formula is C14H27IN6. The molecule has 0 spiro atoms. The molecule has 21 heavy (non-hydrogen) atoms. The van der Waals surface area contributed by atoms with Gasteiger partial charge in [0, 0.05) is 32.9 Å². The van der Waals surface area contributed by atoms with E-state index >= 15 is 0 Å². The summed E-state index contributed by atoms with van der Waals surface area (Å²) in [6.07, 6.45) is 3.07. The van der Waals surface area contributed by atoms with E-state index in [1.165, 1.54) is 19.5 Å². The van der Waals surface area contributed by atoms with Crippen LogP contribution in [0.1, 0.15) is 19.0 Å². The number of hydrogen-bond donors (Lipinski definition) is 2. The molecule has 1 aliphatic rings. The van der Waals surface area contributed by atoms with Gasteiger partial charge in [0.1, 0.15) is 0 Å². The van der Waals surface area contributed by atoms with E-state index in [4.69, 9.17) is 0 Å². The Balaban J connectivity index is 0.00000220. The van der Waals surface area contributed by atoms with Gasteiger partial charge in [-0.15, -0.1) is 24.0 Å². The molecule has 1 aromatic rings. The van der Waals surface area contributed by atoms with E-state index in [9.17, 15) is 0 Å². The predicted molar refractivity (Wildman–Crippen MR) is 97.0 cm³/mol. The van der Waals surface area contributed by atoms with Crippen LogP contribution in [-0.2, 0) is 13.6 Å². The van der Waals surface area contributed by atoms with Crippen LogP contribution in [0.4, 0.5) is 0 Å². The maximum Gasteiger partial charge on any atom is 0.191 e. The molecule has 2 rings (SSSR count). The van der Waals surface area contributed by atoms with Gasteiger partial charge < -0.3 is 15.5 Å². The minimum atomic E-state index is 0. The van der Waals surface area contributed by atoms with Crippen LogP contribution >= 0.6 is 24.0 Å². The smallest absolute Gasteiger partial charge is 0.191 e. The molecule has 0 aromatic carbocycles. The molecule has 1 unspecified atom stereocenters. The van der Waals surface area contributed by atoms with Gasteiger partial charge in [-0.05, 0) is 38.9 Å². The highest BCUT2D eigenvalue weighted by Crippen LogP contribution is 2.12. The lowest BCUT2D eigenvalue weighted by Crippen LogP contribution is -2.40. The van der Waals surface area contributed by atoms with Crippen molar-refractivity contribution in [2.45, 2.75) is 19.9 Å². The van der Waals surface area contributed by atoms with Gasteiger partial charge in [-0.3, -0.25) is 4.68 Å². The number of guanidine groups is 1. The summed E-state index contributed by atoms with van der Waals surface area (Å²) < 4.78 is 1.86. The molecule has 2 heterocycles. The summed E-state index contributed by atoms with van der Waals surface area (Å²) in [5.74, 6) is 1.61. The number of halogens is 1. The Morgan fingerprint density at radius 1 is 1.43 bits per heavy atom. The number of hydrogen-bond acceptors (Lipinski definition) is 3. The van der Waals surface area contributed by atoms with Crippen LogP contribution in [0.5, 0.6) is 0 Å². The van der Waals surface area contributed by atoms with Crippen molar-refractivity contribution >= 4 is 29.9 Å². The van der Waals surface area contributed by atoms with E-state index < -0.39 is 0 Å². The molecule has 1 aliphatic heterocycles. The van der Waals surface area contributed by atoms with Crippen molar-refractivity contribution in [1.82, 2.24) is 25.3 Å². The van der Waals surface area contributed by atoms with E-state index in [2.05, 4.69) is 39.6 Å². The SMILES string of the molecule is CCNC(=NCc1ccnn1C)NCC1CCN(C)C1.I. The Bertz CT molecular complexity index is 444. The van der Waals surface area contributed by atoms with Crippen LogP contribution in [-0.4, -0.2) is 53.9 Å². The maximum absolute atomic E-state index is 4.62. The molecule has 0 saturated carbocycles. The first kappa shape index (κ1) is 18.2. The van der Waals surface area contributed by atoms with Gasteiger partial charge >= 0.3 is 0 Å². The summed E-state index contributed by atoms with van der Waals surface area (Å²) in [6.45, 7) is 6.98. The maximum atomic E-state index is 4.62. The molecule has 1 fully saturated rings. The highest BCUT2D eigenvalue weighted by molar-refractivity contribution is 14.0. The molecule has 0 bridgehead atoms. The van der Waals surface area contributed by atoms with Crippen LogP contribution in [0.3, 0.4) is 0 Å². The molecular weight excluding hydrogens is 379 g/mol. The van der Waals surface area contributed by atoms with E-state index in [0.717, 1.165) is 30.7 Å². The lowest BCUT2D eigenvalue weighted by Gasteiger charge is -2.15. The lowest BCUT2D eigenvalue weighted by atomic mass is 10.1. The van der Waals surface area contributed by atoms with Crippen molar-refractivity contribution in [2.75, 3.05) is 33.2 Å². The van der Waals surface area contributed by atoms with Gasteiger partial charge in [-0.2, -0.15) is 5.10 Å². The van der Waals surface area contributed by atoms with E-state index in [0.29, 0.717) is 6.54 Å². The highest BCUT2D eigenvalue weighted by Gasteiger charge is 2.19. The molecule has 7 heteroatoms. The zero-order valence-electron chi connectivity index (χ0n) is 13.2. The number of likely N-dealkylation sites (tertiary alicyclic amines) is 1. The fourth-order valence-electron chi connectivity index (χ4n) is 2.49. The molecule has 1 atom stereocenters. The zero-order chi connectivity index (χ0) is 14.4. The summed E-state index contributed by atoms with van der Waals surface area (Å²) in [6, 6.07) is 2.00. The largest absolute Gasteiger partial charge is 0.357 e. The Morgan fingerprint density at radius 3 is 2.81 bits per heavy atom. The fraction of sp³-hybridized carbons (Fsp3) is 0.714. The van der Waals surface area contributed by atoms with Gasteiger partial charge in [0.25, 0.3) is 0 Å². The van der Waals surface area contributed by atoms with E-state index in [-0.39, 0.29) is 24.0 Å². The number of aliphatic imine (C=N–C) groups is 1. The first-order valence-electron chi connectivity index (χ1n) is 7.36. The van der Waals surface area contributed by atoms with E-state index in [1.807, 2.05) is 17.8 Å². The quantitative estimate of drug-likeness (QED) is 0.436. The second kappa shape index (κ2) is 9.24. The third kappa shape index (κ3) is 5.82. The van der Waals surface area contributed by atoms with Crippen LogP contribution in [0.25, 0.3) is 0 Å². The first-order valence-corrected chi connectivity index (χ1v) is 7.36. The van der Waals surface area contributed by atoms with Crippen molar-refractivity contribution in [1.29, 1.82) is 0 Å². The van der Waals surface area contributed by atoms with Gasteiger partial charge in [-0.25, -0.2) is 4.99 Å². The minimum Gasteiger partial charge on any atom is -0.357 e. The Labute approximate surface area is 144 Å². The first-order chi connectivity index (χ1) is 9.69. The average molecular weight is 406 g/mol. The summed E-state index contributed by atoms with van der Waals surface area (Å²) in [5, 5.41) is 10.9. The predicted octanol–water partition coefficient (Wildman–Crippen LogP) is 1.04. The molecule has 1 aromatic heterocycles. The van der Waals surface area contributed by atoms with Crippen LogP contribution in [0, 0.1) is 5.92 Å². The molecule has 0 aliphatic carbocycles. The van der Waals surface area contributed by atoms with Crippen LogP contribution in [0.15, 0.2) is 17.3 Å². The molecule has 120 valence electrons. The third-order valence-corrected chi connectivity index (χ3v) is 3.71. The number of nitrogens with one attached hydrogen (secondary N) is 2. The normalized spacial score (nSPS) is 19.4. The second-order valence-electron chi connectivity index (χ2n) is 5.44. The van der Waals surface area contributed by atoms with Gasteiger partial charge in [0.15, 0.2) is 5.96 Å². The number of rotatable bonds is 5. The number of aryl methyl sites for hydroxylation is 1. The van der Waals surface area contributed by atoms with Gasteiger partial charge in [0.2, 0.25) is 0 Å². The Hall–Kier alpha value is -0.830. The molecule has 1 saturated heterocycles. The standard InChI is InChI=1S/C14H26N6.HI/c1-4-15-14(16-9-12-6-8-19(2)11-12)17-10-13-5-7-18-20(13)3;/h5,7,12H,4,6,8-11H2,1-3H3,(H2,15,16,17);1H.